The average molecular weight is 266 g/mol. The van der Waals surface area contributed by atoms with Crippen LogP contribution in [0.5, 0.6) is 0 Å². The highest BCUT2D eigenvalue weighted by atomic mass is 19.2. The number of hydrogen-bond donors (Lipinski definition) is 0. The zero-order chi connectivity index (χ0) is 14.0. The number of carbonyl (C=O) groups excluding carboxylic acids is 1. The first-order valence-electron chi connectivity index (χ1n) is 5.82. The van der Waals surface area contributed by atoms with Crippen LogP contribution in [0.15, 0.2) is 12.1 Å². The van der Waals surface area contributed by atoms with Gasteiger partial charge in [0.1, 0.15) is 12.1 Å². The molecule has 0 spiro atoms. The van der Waals surface area contributed by atoms with Crippen LogP contribution in [0, 0.1) is 23.0 Å². The highest BCUT2D eigenvalue weighted by molar-refractivity contribution is 5.80. The van der Waals surface area contributed by atoms with Gasteiger partial charge in [-0.1, -0.05) is 0 Å². The number of anilines is 1. The molecular weight excluding hydrogens is 254 g/mol. The molecule has 0 aromatic heterocycles. The third-order valence-electron chi connectivity index (χ3n) is 3.22. The summed E-state index contributed by atoms with van der Waals surface area (Å²) in [5.74, 6) is -2.76. The van der Waals surface area contributed by atoms with Crippen LogP contribution in [0.4, 0.5) is 14.5 Å². The Hall–Kier alpha value is -2.16. The number of halogens is 2. The van der Waals surface area contributed by atoms with Crippen LogP contribution in [0.1, 0.15) is 18.4 Å². The van der Waals surface area contributed by atoms with Gasteiger partial charge in [-0.15, -0.1) is 0 Å². The maximum absolute atomic E-state index is 13.9. The van der Waals surface area contributed by atoms with Gasteiger partial charge in [0.05, 0.1) is 18.4 Å². The van der Waals surface area contributed by atoms with E-state index in [1.165, 1.54) is 24.1 Å². The summed E-state index contributed by atoms with van der Waals surface area (Å²) in [4.78, 5) is 13.1. The number of hydrogen-bond acceptors (Lipinski definition) is 4. The number of carbonyl (C=O) groups is 1. The number of rotatable bonds is 2. The molecule has 1 aliphatic heterocycles. The molecule has 1 aliphatic rings. The number of nitriles is 1. The smallest absolute Gasteiger partial charge is 0.328 e. The van der Waals surface area contributed by atoms with Crippen molar-refractivity contribution < 1.29 is 18.3 Å². The van der Waals surface area contributed by atoms with Gasteiger partial charge in [0.15, 0.2) is 11.6 Å². The Kier molecular flexibility index (Phi) is 3.65. The van der Waals surface area contributed by atoms with Gasteiger partial charge < -0.3 is 9.64 Å². The minimum atomic E-state index is -1.18. The average Bonchev–Trinajstić information content (AvgIpc) is 2.90. The molecule has 1 saturated heterocycles. The maximum Gasteiger partial charge on any atom is 0.328 e. The lowest BCUT2D eigenvalue weighted by molar-refractivity contribution is -0.141. The predicted molar refractivity (Wildman–Crippen MR) is 63.5 cm³/mol. The molecule has 0 saturated carbocycles. The van der Waals surface area contributed by atoms with Crippen molar-refractivity contribution in [2.24, 2.45) is 0 Å². The molecule has 1 atom stereocenters. The van der Waals surface area contributed by atoms with Crippen LogP contribution >= 0.6 is 0 Å². The second-order valence-corrected chi connectivity index (χ2v) is 4.25. The van der Waals surface area contributed by atoms with Crippen LogP contribution in [-0.2, 0) is 9.53 Å². The number of esters is 1. The van der Waals surface area contributed by atoms with Crippen LogP contribution in [-0.4, -0.2) is 25.7 Å². The summed E-state index contributed by atoms with van der Waals surface area (Å²) in [6.07, 6.45) is 1.23. The summed E-state index contributed by atoms with van der Waals surface area (Å²) in [7, 11) is 1.26. The van der Waals surface area contributed by atoms with Gasteiger partial charge in [0.25, 0.3) is 0 Å². The summed E-state index contributed by atoms with van der Waals surface area (Å²) < 4.78 is 32.2. The fraction of sp³-hybridized carbons (Fsp3) is 0.385. The first-order valence-corrected chi connectivity index (χ1v) is 5.82. The Morgan fingerprint density at radius 1 is 1.47 bits per heavy atom. The molecule has 0 N–H and O–H groups in total. The van der Waals surface area contributed by atoms with Crippen molar-refractivity contribution in [3.8, 4) is 6.07 Å². The molecule has 6 heteroatoms. The topological polar surface area (TPSA) is 53.3 Å². The van der Waals surface area contributed by atoms with E-state index in [2.05, 4.69) is 4.74 Å². The molecule has 2 rings (SSSR count). The highest BCUT2D eigenvalue weighted by Gasteiger charge is 2.34. The minimum absolute atomic E-state index is 0.00981. The van der Waals surface area contributed by atoms with Crippen LogP contribution in [0.3, 0.4) is 0 Å². The van der Waals surface area contributed by atoms with E-state index in [0.717, 1.165) is 0 Å². The summed E-state index contributed by atoms with van der Waals surface area (Å²) in [5, 5.41) is 8.63. The monoisotopic (exact) mass is 266 g/mol. The van der Waals surface area contributed by atoms with Gasteiger partial charge >= 0.3 is 5.97 Å². The lowest BCUT2D eigenvalue weighted by atomic mass is 10.1. The first-order chi connectivity index (χ1) is 9.10. The van der Waals surface area contributed by atoms with E-state index in [4.69, 9.17) is 5.26 Å². The summed E-state index contributed by atoms with van der Waals surface area (Å²) >= 11 is 0. The summed E-state index contributed by atoms with van der Waals surface area (Å²) in [6, 6.07) is 3.50. The fourth-order valence-corrected chi connectivity index (χ4v) is 2.28. The maximum atomic E-state index is 13.9. The number of benzene rings is 1. The quantitative estimate of drug-likeness (QED) is 0.768. The molecule has 0 amide bonds. The van der Waals surface area contributed by atoms with Crippen molar-refractivity contribution in [1.29, 1.82) is 5.26 Å². The van der Waals surface area contributed by atoms with E-state index < -0.39 is 23.6 Å². The number of nitrogens with zero attached hydrogens (tertiary/aromatic N) is 2. The normalized spacial score (nSPS) is 18.2. The molecule has 19 heavy (non-hydrogen) atoms. The third kappa shape index (κ3) is 2.24. The molecule has 100 valence electrons. The Labute approximate surface area is 109 Å². The van der Waals surface area contributed by atoms with Crippen molar-refractivity contribution >= 4 is 11.7 Å². The molecule has 1 aromatic carbocycles. The molecule has 1 aromatic rings. The van der Waals surface area contributed by atoms with Crippen molar-refractivity contribution in [2.45, 2.75) is 18.9 Å². The van der Waals surface area contributed by atoms with Crippen LogP contribution in [0.2, 0.25) is 0 Å². The minimum Gasteiger partial charge on any atom is -0.467 e. The van der Waals surface area contributed by atoms with Gasteiger partial charge in [0.2, 0.25) is 0 Å². The first kappa shape index (κ1) is 13.3. The molecule has 1 fully saturated rings. The molecular formula is C13H12F2N2O2. The largest absolute Gasteiger partial charge is 0.467 e. The van der Waals surface area contributed by atoms with Crippen LogP contribution in [0.25, 0.3) is 0 Å². The summed E-state index contributed by atoms with van der Waals surface area (Å²) in [6.45, 7) is 0.446. The molecule has 0 bridgehead atoms. The highest BCUT2D eigenvalue weighted by Crippen LogP contribution is 2.30. The Morgan fingerprint density at radius 3 is 2.84 bits per heavy atom. The van der Waals surface area contributed by atoms with E-state index in [0.29, 0.717) is 19.4 Å². The van der Waals surface area contributed by atoms with Crippen molar-refractivity contribution in [2.75, 3.05) is 18.6 Å². The predicted octanol–water partition coefficient (Wildman–Crippen LogP) is 1.98. The Morgan fingerprint density at radius 2 is 2.21 bits per heavy atom. The SMILES string of the molecule is COC(=O)C1CCCN1c1ccc(C#N)c(F)c1F. The van der Waals surface area contributed by atoms with Gasteiger partial charge in [-0.25, -0.2) is 13.6 Å². The second-order valence-electron chi connectivity index (χ2n) is 4.25. The third-order valence-corrected chi connectivity index (χ3v) is 3.22. The fourth-order valence-electron chi connectivity index (χ4n) is 2.28. The van der Waals surface area contributed by atoms with Crippen molar-refractivity contribution in [3.05, 3.63) is 29.3 Å². The van der Waals surface area contributed by atoms with Gasteiger partial charge in [-0.3, -0.25) is 0 Å². The standard InChI is InChI=1S/C13H12F2N2O2/c1-19-13(18)10-3-2-6-17(10)9-5-4-8(7-16)11(14)12(9)15/h4-5,10H,2-3,6H2,1H3. The lowest BCUT2D eigenvalue weighted by Gasteiger charge is -2.25. The van der Waals surface area contributed by atoms with Crippen molar-refractivity contribution in [3.63, 3.8) is 0 Å². The summed E-state index contributed by atoms with van der Waals surface area (Å²) in [5.41, 5.74) is -0.362. The van der Waals surface area contributed by atoms with E-state index in [9.17, 15) is 13.6 Å². The van der Waals surface area contributed by atoms with E-state index in [1.807, 2.05) is 0 Å². The molecule has 0 aliphatic carbocycles. The number of ether oxygens (including phenoxy) is 1. The zero-order valence-electron chi connectivity index (χ0n) is 10.3. The van der Waals surface area contributed by atoms with Gasteiger partial charge in [-0.05, 0) is 25.0 Å². The number of methoxy groups -OCH3 is 1. The molecule has 4 nitrogen and oxygen atoms in total. The zero-order valence-corrected chi connectivity index (χ0v) is 10.3. The van der Waals surface area contributed by atoms with Gasteiger partial charge in [0, 0.05) is 6.54 Å². The van der Waals surface area contributed by atoms with E-state index in [-0.39, 0.29) is 11.3 Å². The second kappa shape index (κ2) is 5.22. The lowest BCUT2D eigenvalue weighted by Crippen LogP contribution is -2.37. The van der Waals surface area contributed by atoms with Crippen LogP contribution < -0.4 is 4.90 Å². The van der Waals surface area contributed by atoms with E-state index >= 15 is 0 Å². The van der Waals surface area contributed by atoms with Crippen molar-refractivity contribution in [1.82, 2.24) is 0 Å². The Balaban J connectivity index is 2.40. The molecule has 1 unspecified atom stereocenters. The molecule has 1 heterocycles. The van der Waals surface area contributed by atoms with Gasteiger partial charge in [-0.2, -0.15) is 5.26 Å². The Bertz CT molecular complexity index is 554. The molecule has 0 radical (unpaired) electrons. The van der Waals surface area contributed by atoms with E-state index in [1.54, 1.807) is 6.07 Å².